The molecule has 0 bridgehead atoms. The van der Waals surface area contributed by atoms with Crippen LogP contribution in [0.2, 0.25) is 0 Å². The SMILES string of the molecule is CN=C(NCC(C)N1CCOCC1C)N1CCC(CSc2ccccc2)C1.I. The summed E-state index contributed by atoms with van der Waals surface area (Å²) < 4.78 is 5.56. The summed E-state index contributed by atoms with van der Waals surface area (Å²) in [5.41, 5.74) is 0. The van der Waals surface area contributed by atoms with Gasteiger partial charge in [0.05, 0.1) is 13.2 Å². The van der Waals surface area contributed by atoms with Crippen LogP contribution in [0.4, 0.5) is 0 Å². The summed E-state index contributed by atoms with van der Waals surface area (Å²) in [4.78, 5) is 10.9. The van der Waals surface area contributed by atoms with Gasteiger partial charge in [0.2, 0.25) is 0 Å². The zero-order valence-corrected chi connectivity index (χ0v) is 20.5. The van der Waals surface area contributed by atoms with E-state index in [4.69, 9.17) is 4.74 Å². The molecule has 3 rings (SSSR count). The number of rotatable bonds is 6. The molecular weight excluding hydrogens is 483 g/mol. The number of halogens is 1. The number of hydrogen-bond acceptors (Lipinski definition) is 4. The first-order chi connectivity index (χ1) is 13.2. The predicted molar refractivity (Wildman–Crippen MR) is 130 cm³/mol. The topological polar surface area (TPSA) is 40.1 Å². The van der Waals surface area contributed by atoms with E-state index in [2.05, 4.69) is 64.3 Å². The van der Waals surface area contributed by atoms with E-state index in [1.54, 1.807) is 0 Å². The van der Waals surface area contributed by atoms with Gasteiger partial charge < -0.3 is 15.0 Å². The molecule has 0 aliphatic carbocycles. The van der Waals surface area contributed by atoms with Crippen LogP contribution in [-0.2, 0) is 4.74 Å². The van der Waals surface area contributed by atoms with Crippen LogP contribution in [0.15, 0.2) is 40.2 Å². The van der Waals surface area contributed by atoms with Crippen molar-refractivity contribution in [2.45, 2.75) is 37.2 Å². The maximum atomic E-state index is 5.56. The van der Waals surface area contributed by atoms with Gasteiger partial charge in [-0.2, -0.15) is 0 Å². The largest absolute Gasteiger partial charge is 0.379 e. The quantitative estimate of drug-likeness (QED) is 0.271. The monoisotopic (exact) mass is 518 g/mol. The Morgan fingerprint density at radius 2 is 2.11 bits per heavy atom. The van der Waals surface area contributed by atoms with E-state index in [1.165, 1.54) is 17.1 Å². The Bertz CT molecular complexity index is 603. The van der Waals surface area contributed by atoms with Crippen molar-refractivity contribution in [1.82, 2.24) is 15.1 Å². The highest BCUT2D eigenvalue weighted by atomic mass is 127. The van der Waals surface area contributed by atoms with Crippen molar-refractivity contribution in [2.75, 3.05) is 52.2 Å². The summed E-state index contributed by atoms with van der Waals surface area (Å²) in [6, 6.07) is 11.7. The highest BCUT2D eigenvalue weighted by Gasteiger charge is 2.27. The Morgan fingerprint density at radius 3 is 2.82 bits per heavy atom. The van der Waals surface area contributed by atoms with Gasteiger partial charge in [-0.3, -0.25) is 9.89 Å². The molecule has 1 aromatic carbocycles. The Balaban J connectivity index is 0.00000280. The summed E-state index contributed by atoms with van der Waals surface area (Å²) in [6.07, 6.45) is 1.25. The molecule has 158 valence electrons. The molecule has 5 nitrogen and oxygen atoms in total. The number of morpholine rings is 1. The van der Waals surface area contributed by atoms with Crippen molar-refractivity contribution in [3.05, 3.63) is 30.3 Å². The molecule has 2 saturated heterocycles. The van der Waals surface area contributed by atoms with Crippen LogP contribution in [0, 0.1) is 5.92 Å². The van der Waals surface area contributed by atoms with Gasteiger partial charge in [0, 0.05) is 56.0 Å². The Hall–Kier alpha value is -0.510. The molecule has 2 aliphatic heterocycles. The van der Waals surface area contributed by atoms with Crippen LogP contribution in [0.25, 0.3) is 0 Å². The first-order valence-electron chi connectivity index (χ1n) is 10.1. The maximum absolute atomic E-state index is 5.56. The molecule has 1 aromatic rings. The highest BCUT2D eigenvalue weighted by molar-refractivity contribution is 14.0. The number of likely N-dealkylation sites (tertiary alicyclic amines) is 1. The second kappa shape index (κ2) is 12.2. The van der Waals surface area contributed by atoms with E-state index in [-0.39, 0.29) is 24.0 Å². The smallest absolute Gasteiger partial charge is 0.193 e. The lowest BCUT2D eigenvalue weighted by Gasteiger charge is -2.38. The first kappa shape index (κ1) is 23.8. The van der Waals surface area contributed by atoms with Crippen molar-refractivity contribution in [1.29, 1.82) is 0 Å². The van der Waals surface area contributed by atoms with Crippen LogP contribution >= 0.6 is 35.7 Å². The fourth-order valence-corrected chi connectivity index (χ4v) is 5.02. The molecule has 0 saturated carbocycles. The minimum Gasteiger partial charge on any atom is -0.379 e. The molecule has 0 aromatic heterocycles. The molecular formula is C21H35IN4OS. The number of nitrogens with zero attached hydrogens (tertiary/aromatic N) is 3. The summed E-state index contributed by atoms with van der Waals surface area (Å²) in [5, 5.41) is 3.61. The predicted octanol–water partition coefficient (Wildman–Crippen LogP) is 3.40. The molecule has 3 unspecified atom stereocenters. The van der Waals surface area contributed by atoms with Crippen molar-refractivity contribution < 1.29 is 4.74 Å². The van der Waals surface area contributed by atoms with Crippen molar-refractivity contribution >= 4 is 41.7 Å². The molecule has 7 heteroatoms. The number of nitrogens with one attached hydrogen (secondary N) is 1. The third kappa shape index (κ3) is 6.78. The average molecular weight is 519 g/mol. The number of thioether (sulfide) groups is 1. The van der Waals surface area contributed by atoms with Crippen molar-refractivity contribution in [3.8, 4) is 0 Å². The van der Waals surface area contributed by atoms with E-state index in [9.17, 15) is 0 Å². The minimum atomic E-state index is 0. The van der Waals surface area contributed by atoms with Gasteiger partial charge in [-0.25, -0.2) is 0 Å². The van der Waals surface area contributed by atoms with E-state index >= 15 is 0 Å². The Labute approximate surface area is 191 Å². The molecule has 2 fully saturated rings. The second-order valence-corrected chi connectivity index (χ2v) is 8.76. The van der Waals surface area contributed by atoms with Crippen LogP contribution < -0.4 is 5.32 Å². The second-order valence-electron chi connectivity index (χ2n) is 7.66. The van der Waals surface area contributed by atoms with Crippen molar-refractivity contribution in [3.63, 3.8) is 0 Å². The molecule has 2 heterocycles. The van der Waals surface area contributed by atoms with Crippen LogP contribution in [0.5, 0.6) is 0 Å². The zero-order valence-electron chi connectivity index (χ0n) is 17.3. The van der Waals surface area contributed by atoms with Gasteiger partial charge in [-0.1, -0.05) is 18.2 Å². The summed E-state index contributed by atoms with van der Waals surface area (Å²) in [6.45, 7) is 10.4. The number of ether oxygens (including phenoxy) is 1. The lowest BCUT2D eigenvalue weighted by Crippen LogP contribution is -2.53. The molecule has 0 spiro atoms. The molecule has 28 heavy (non-hydrogen) atoms. The van der Waals surface area contributed by atoms with Crippen LogP contribution in [-0.4, -0.2) is 80.0 Å². The number of benzene rings is 1. The highest BCUT2D eigenvalue weighted by Crippen LogP contribution is 2.25. The molecule has 2 aliphatic rings. The fraction of sp³-hybridized carbons (Fsp3) is 0.667. The van der Waals surface area contributed by atoms with E-state index < -0.39 is 0 Å². The summed E-state index contributed by atoms with van der Waals surface area (Å²) in [7, 11) is 1.90. The average Bonchev–Trinajstić information content (AvgIpc) is 3.17. The number of hydrogen-bond donors (Lipinski definition) is 1. The standard InChI is InChI=1S/C21H34N4OS.HI/c1-17(25-11-12-26-15-18(25)2)13-23-21(22-3)24-10-9-19(14-24)16-27-20-7-5-4-6-8-20;/h4-8,17-19H,9-16H2,1-3H3,(H,22,23);1H. The summed E-state index contributed by atoms with van der Waals surface area (Å²) >= 11 is 1.97. The Kier molecular flexibility index (Phi) is 10.4. The van der Waals surface area contributed by atoms with Crippen molar-refractivity contribution in [2.24, 2.45) is 10.9 Å². The fourth-order valence-electron chi connectivity index (χ4n) is 3.98. The van der Waals surface area contributed by atoms with E-state index in [0.29, 0.717) is 12.1 Å². The first-order valence-corrected chi connectivity index (χ1v) is 11.1. The summed E-state index contributed by atoms with van der Waals surface area (Å²) in [5.74, 6) is 2.96. The van der Waals surface area contributed by atoms with Crippen LogP contribution in [0.3, 0.4) is 0 Å². The van der Waals surface area contributed by atoms with Gasteiger partial charge in [0.1, 0.15) is 0 Å². The van der Waals surface area contributed by atoms with Gasteiger partial charge in [-0.15, -0.1) is 35.7 Å². The lowest BCUT2D eigenvalue weighted by molar-refractivity contribution is -0.0174. The van der Waals surface area contributed by atoms with E-state index in [0.717, 1.165) is 51.3 Å². The third-order valence-electron chi connectivity index (χ3n) is 5.57. The number of guanidine groups is 1. The normalized spacial score (nSPS) is 24.7. The van der Waals surface area contributed by atoms with E-state index in [1.807, 2.05) is 18.8 Å². The lowest BCUT2D eigenvalue weighted by atomic mass is 10.2. The number of aliphatic imine (C=N–C) groups is 1. The maximum Gasteiger partial charge on any atom is 0.193 e. The van der Waals surface area contributed by atoms with Gasteiger partial charge in [-0.05, 0) is 38.3 Å². The minimum absolute atomic E-state index is 0. The van der Waals surface area contributed by atoms with Gasteiger partial charge >= 0.3 is 0 Å². The molecule has 3 atom stereocenters. The molecule has 1 N–H and O–H groups in total. The Morgan fingerprint density at radius 1 is 1.32 bits per heavy atom. The zero-order chi connectivity index (χ0) is 19.1. The molecule has 0 amide bonds. The third-order valence-corrected chi connectivity index (χ3v) is 6.81. The van der Waals surface area contributed by atoms with Gasteiger partial charge in [0.25, 0.3) is 0 Å². The molecule has 0 radical (unpaired) electrons. The van der Waals surface area contributed by atoms with Crippen LogP contribution in [0.1, 0.15) is 20.3 Å². The van der Waals surface area contributed by atoms with Gasteiger partial charge in [0.15, 0.2) is 5.96 Å².